The Balaban J connectivity index is 1.66. The topological polar surface area (TPSA) is 68.5 Å². The van der Waals surface area contributed by atoms with Gasteiger partial charge in [-0.3, -0.25) is 14.7 Å². The molecule has 2 aromatic heterocycles. The van der Waals surface area contributed by atoms with Gasteiger partial charge in [0.25, 0.3) is 5.91 Å². The van der Waals surface area contributed by atoms with Gasteiger partial charge in [-0.15, -0.1) is 0 Å². The minimum absolute atomic E-state index is 0.0384. The summed E-state index contributed by atoms with van der Waals surface area (Å²) in [5.41, 5.74) is 1.80. The van der Waals surface area contributed by atoms with Crippen molar-refractivity contribution < 1.29 is 14.1 Å². The number of fused-ring (bicyclic) bond motifs is 1. The number of carbonyl (C=O) groups is 1. The fourth-order valence-electron chi connectivity index (χ4n) is 2.86. The van der Waals surface area contributed by atoms with Crippen molar-refractivity contribution in [2.75, 3.05) is 11.4 Å². The van der Waals surface area contributed by atoms with E-state index in [1.807, 2.05) is 43.3 Å². The van der Waals surface area contributed by atoms with E-state index in [4.69, 9.17) is 9.26 Å². The van der Waals surface area contributed by atoms with Crippen LogP contribution in [0, 0.1) is 0 Å². The molecule has 6 nitrogen and oxygen atoms in total. The predicted molar refractivity (Wildman–Crippen MR) is 92.6 cm³/mol. The number of ether oxygens (including phenoxy) is 1. The summed E-state index contributed by atoms with van der Waals surface area (Å²) in [4.78, 5) is 18.8. The molecule has 0 N–H and O–H groups in total. The van der Waals surface area contributed by atoms with E-state index in [0.29, 0.717) is 18.1 Å². The number of hydrogen-bond donors (Lipinski definition) is 0. The van der Waals surface area contributed by atoms with Crippen LogP contribution in [0.25, 0.3) is 11.3 Å². The van der Waals surface area contributed by atoms with Crippen LogP contribution in [0.5, 0.6) is 5.75 Å². The number of amides is 1. The fourth-order valence-corrected chi connectivity index (χ4v) is 2.86. The van der Waals surface area contributed by atoms with E-state index in [2.05, 4.69) is 10.1 Å². The number of benzene rings is 1. The molecule has 1 atom stereocenters. The van der Waals surface area contributed by atoms with Gasteiger partial charge in [0.1, 0.15) is 11.9 Å². The van der Waals surface area contributed by atoms with Gasteiger partial charge in [0.05, 0.1) is 12.2 Å². The molecule has 0 bridgehead atoms. The maximum Gasteiger partial charge on any atom is 0.280 e. The molecular formula is C19H17N3O3. The average Bonchev–Trinajstić information content (AvgIpc) is 3.17. The Bertz CT molecular complexity index is 892. The summed E-state index contributed by atoms with van der Waals surface area (Å²) >= 11 is 0. The molecule has 6 heteroatoms. The highest BCUT2D eigenvalue weighted by molar-refractivity contribution is 6.06. The van der Waals surface area contributed by atoms with Crippen molar-refractivity contribution in [3.05, 3.63) is 60.6 Å². The van der Waals surface area contributed by atoms with Crippen LogP contribution in [0.15, 0.2) is 59.4 Å². The number of aromatic nitrogens is 2. The van der Waals surface area contributed by atoms with E-state index in [-0.39, 0.29) is 17.7 Å². The molecule has 3 aromatic rings. The molecule has 0 spiro atoms. The minimum atomic E-state index is -0.201. The summed E-state index contributed by atoms with van der Waals surface area (Å²) in [6.45, 7) is 2.53. The quantitative estimate of drug-likeness (QED) is 0.732. The lowest BCUT2D eigenvalue weighted by atomic mass is 10.1. The first kappa shape index (κ1) is 15.4. The molecular weight excluding hydrogens is 318 g/mol. The molecule has 4 rings (SSSR count). The summed E-state index contributed by atoms with van der Waals surface area (Å²) in [6.07, 6.45) is 4.13. The van der Waals surface area contributed by atoms with Crippen LogP contribution < -0.4 is 9.64 Å². The second-order valence-electron chi connectivity index (χ2n) is 5.85. The lowest BCUT2D eigenvalue weighted by Crippen LogP contribution is -2.43. The summed E-state index contributed by atoms with van der Waals surface area (Å²) in [7, 11) is 0. The molecule has 0 saturated heterocycles. The molecule has 0 unspecified atom stereocenters. The normalized spacial score (nSPS) is 16.2. The summed E-state index contributed by atoms with van der Waals surface area (Å²) in [5, 5.41) is 3.96. The largest absolute Gasteiger partial charge is 0.486 e. The van der Waals surface area contributed by atoms with Crippen LogP contribution in [-0.2, 0) is 0 Å². The summed E-state index contributed by atoms with van der Waals surface area (Å²) in [6, 6.07) is 12.9. The van der Waals surface area contributed by atoms with Crippen molar-refractivity contribution in [2.45, 2.75) is 19.4 Å². The lowest BCUT2D eigenvalue weighted by molar-refractivity contribution is 0.0946. The summed E-state index contributed by atoms with van der Waals surface area (Å²) in [5.74, 6) is 1.03. The van der Waals surface area contributed by atoms with Crippen LogP contribution in [0.3, 0.4) is 0 Å². The molecule has 25 heavy (non-hydrogen) atoms. The number of rotatable bonds is 3. The number of anilines is 1. The number of para-hydroxylation sites is 2. The Morgan fingerprint density at radius 3 is 2.96 bits per heavy atom. The van der Waals surface area contributed by atoms with Crippen molar-refractivity contribution in [3.63, 3.8) is 0 Å². The molecule has 0 saturated carbocycles. The standard InChI is InChI=1S/C19H17N3O3/c1-2-14-12-22(16-7-3-4-8-17(16)24-14)19(23)15-10-18(25-21-15)13-6-5-9-20-11-13/h3-11,14H,2,12H2,1H3/t14-/m1/s1. The Labute approximate surface area is 145 Å². The van der Waals surface area contributed by atoms with E-state index in [1.165, 1.54) is 0 Å². The molecule has 0 fully saturated rings. The van der Waals surface area contributed by atoms with Crippen LogP contribution in [-0.4, -0.2) is 28.7 Å². The molecule has 0 aliphatic carbocycles. The zero-order chi connectivity index (χ0) is 17.2. The maximum atomic E-state index is 13.0. The highest BCUT2D eigenvalue weighted by Crippen LogP contribution is 2.34. The van der Waals surface area contributed by atoms with Crippen LogP contribution in [0.1, 0.15) is 23.8 Å². The van der Waals surface area contributed by atoms with Gasteiger partial charge in [0, 0.05) is 24.0 Å². The smallest absolute Gasteiger partial charge is 0.280 e. The second kappa shape index (κ2) is 6.39. The Morgan fingerprint density at radius 2 is 2.16 bits per heavy atom. The third kappa shape index (κ3) is 2.87. The number of pyridine rings is 1. The molecule has 1 aliphatic heterocycles. The summed E-state index contributed by atoms with van der Waals surface area (Å²) < 4.78 is 11.3. The first-order valence-electron chi connectivity index (χ1n) is 8.21. The number of nitrogens with zero attached hydrogens (tertiary/aromatic N) is 3. The van der Waals surface area contributed by atoms with E-state index in [0.717, 1.165) is 17.7 Å². The van der Waals surface area contributed by atoms with Crippen molar-refractivity contribution >= 4 is 11.6 Å². The van der Waals surface area contributed by atoms with Gasteiger partial charge < -0.3 is 9.26 Å². The molecule has 126 valence electrons. The molecule has 1 aliphatic rings. The van der Waals surface area contributed by atoms with E-state index in [9.17, 15) is 4.79 Å². The highest BCUT2D eigenvalue weighted by Gasteiger charge is 2.31. The van der Waals surface area contributed by atoms with Gasteiger partial charge in [-0.2, -0.15) is 0 Å². The molecule has 0 radical (unpaired) electrons. The number of hydrogen-bond acceptors (Lipinski definition) is 5. The Hall–Kier alpha value is -3.15. The maximum absolute atomic E-state index is 13.0. The molecule has 1 aromatic carbocycles. The monoisotopic (exact) mass is 335 g/mol. The average molecular weight is 335 g/mol. The Kier molecular flexibility index (Phi) is 3.93. The first-order valence-corrected chi connectivity index (χ1v) is 8.21. The third-order valence-corrected chi connectivity index (χ3v) is 4.21. The van der Waals surface area contributed by atoms with Crippen molar-refractivity contribution in [1.82, 2.24) is 10.1 Å². The first-order chi connectivity index (χ1) is 12.3. The van der Waals surface area contributed by atoms with Gasteiger partial charge >= 0.3 is 0 Å². The van der Waals surface area contributed by atoms with Gasteiger partial charge in [-0.1, -0.05) is 24.2 Å². The zero-order valence-electron chi connectivity index (χ0n) is 13.8. The fraction of sp³-hybridized carbons (Fsp3) is 0.211. The van der Waals surface area contributed by atoms with Gasteiger partial charge in [0.2, 0.25) is 0 Å². The predicted octanol–water partition coefficient (Wildman–Crippen LogP) is 3.55. The van der Waals surface area contributed by atoms with Crippen LogP contribution >= 0.6 is 0 Å². The second-order valence-corrected chi connectivity index (χ2v) is 5.85. The van der Waals surface area contributed by atoms with Gasteiger partial charge in [-0.25, -0.2) is 0 Å². The van der Waals surface area contributed by atoms with E-state index >= 15 is 0 Å². The number of carbonyl (C=O) groups excluding carboxylic acids is 1. The SMILES string of the molecule is CC[C@@H]1CN(C(=O)c2cc(-c3cccnc3)on2)c2ccccc2O1. The highest BCUT2D eigenvalue weighted by atomic mass is 16.5. The van der Waals surface area contributed by atoms with Crippen LogP contribution in [0.4, 0.5) is 5.69 Å². The van der Waals surface area contributed by atoms with Crippen molar-refractivity contribution in [2.24, 2.45) is 0 Å². The van der Waals surface area contributed by atoms with E-state index in [1.54, 1.807) is 23.4 Å². The Morgan fingerprint density at radius 1 is 1.28 bits per heavy atom. The zero-order valence-corrected chi connectivity index (χ0v) is 13.8. The third-order valence-electron chi connectivity index (χ3n) is 4.21. The molecule has 1 amide bonds. The minimum Gasteiger partial charge on any atom is -0.486 e. The van der Waals surface area contributed by atoms with Gasteiger partial charge in [0.15, 0.2) is 11.5 Å². The van der Waals surface area contributed by atoms with E-state index < -0.39 is 0 Å². The molecule has 3 heterocycles. The van der Waals surface area contributed by atoms with Crippen molar-refractivity contribution in [3.8, 4) is 17.1 Å². The van der Waals surface area contributed by atoms with Gasteiger partial charge in [-0.05, 0) is 30.7 Å². The van der Waals surface area contributed by atoms with Crippen LogP contribution in [0.2, 0.25) is 0 Å². The lowest BCUT2D eigenvalue weighted by Gasteiger charge is -2.34. The van der Waals surface area contributed by atoms with Crippen molar-refractivity contribution in [1.29, 1.82) is 0 Å².